The molecule has 1 aromatic carbocycles. The molecule has 1 aromatic rings. The minimum Gasteiger partial charge on any atom is -0.460 e. The molecule has 5 aliphatic rings. The number of benzene rings is 1. The highest BCUT2D eigenvalue weighted by molar-refractivity contribution is 7.91. The number of hydrogen-bond acceptors (Lipinski definition) is 12. The standard InChI is InChI=1S/C44H61FN6O12S/c1-42(2,3)62-35(52)20-19-32(47-40(57)63-43(4,5)6)36(53)46-33-16-11-9-7-8-10-14-27-22-44(27,39(56)49-64(59,60)29-17-18-29)48-37(54)34-21-28(24-51(34)38(33)55)61-41(58)50-23-26-13-12-15-31(45)30(26)25-50/h10,12-15,27-29,32-34H,7-9,11,16-25H2,1-6H3,(H,46,53)(H,47,57)(H,48,54)(H,49,56)/b14-10-/t27-,28?,32-,33+,34+,44-/m1/s1. The molecule has 0 aromatic heterocycles. The maximum Gasteiger partial charge on any atom is 0.410 e. The number of carbonyl (C=O) groups is 7. The minimum atomic E-state index is -3.99. The second kappa shape index (κ2) is 19.1. The molecule has 3 aliphatic heterocycles. The Balaban J connectivity index is 1.27. The first kappa shape index (κ1) is 48.2. The van der Waals surface area contributed by atoms with Crippen LogP contribution in [0.25, 0.3) is 0 Å². The first-order chi connectivity index (χ1) is 29.9. The average molecular weight is 917 g/mol. The molecule has 4 N–H and O–H groups in total. The maximum atomic E-state index is 14.8. The van der Waals surface area contributed by atoms with Gasteiger partial charge in [0.2, 0.25) is 27.7 Å². The number of rotatable bonds is 10. The Hall–Kier alpha value is -5.27. The van der Waals surface area contributed by atoms with Crippen LogP contribution in [0.2, 0.25) is 0 Å². The quantitative estimate of drug-likeness (QED) is 0.149. The lowest BCUT2D eigenvalue weighted by Crippen LogP contribution is -2.59. The second-order valence-electron chi connectivity index (χ2n) is 19.4. The Morgan fingerprint density at radius 2 is 1.69 bits per heavy atom. The van der Waals surface area contributed by atoms with Gasteiger partial charge in [-0.25, -0.2) is 22.4 Å². The Morgan fingerprint density at radius 3 is 2.36 bits per heavy atom. The van der Waals surface area contributed by atoms with Gasteiger partial charge in [0.1, 0.15) is 46.8 Å². The summed E-state index contributed by atoms with van der Waals surface area (Å²) in [5, 5.41) is 7.32. The Labute approximate surface area is 373 Å². The number of hydrogen-bond donors (Lipinski definition) is 4. The number of allylic oxidation sites excluding steroid dienone is 1. The predicted molar refractivity (Wildman–Crippen MR) is 227 cm³/mol. The fraction of sp³-hybridized carbons (Fsp3) is 0.659. The zero-order chi connectivity index (χ0) is 46.8. The van der Waals surface area contributed by atoms with E-state index in [2.05, 4.69) is 20.7 Å². The van der Waals surface area contributed by atoms with Crippen LogP contribution in [-0.4, -0.2) is 113 Å². The maximum absolute atomic E-state index is 14.8. The number of esters is 1. The van der Waals surface area contributed by atoms with Crippen LogP contribution in [0.1, 0.15) is 123 Å². The molecule has 1 saturated heterocycles. The summed E-state index contributed by atoms with van der Waals surface area (Å²) >= 11 is 0. The lowest BCUT2D eigenvalue weighted by molar-refractivity contribution is -0.155. The fourth-order valence-corrected chi connectivity index (χ4v) is 9.58. The highest BCUT2D eigenvalue weighted by atomic mass is 32.2. The van der Waals surface area contributed by atoms with Crippen LogP contribution >= 0.6 is 0 Å². The van der Waals surface area contributed by atoms with Crippen LogP contribution in [0.4, 0.5) is 14.0 Å². The third-order valence-electron chi connectivity index (χ3n) is 11.7. The van der Waals surface area contributed by atoms with Crippen LogP contribution in [0, 0.1) is 11.7 Å². The summed E-state index contributed by atoms with van der Waals surface area (Å²) in [4.78, 5) is 99.0. The van der Waals surface area contributed by atoms with Crippen molar-refractivity contribution < 1.29 is 60.6 Å². The van der Waals surface area contributed by atoms with E-state index in [1.807, 2.05) is 6.08 Å². The molecule has 64 heavy (non-hydrogen) atoms. The van der Waals surface area contributed by atoms with E-state index in [1.54, 1.807) is 53.7 Å². The lowest BCUT2D eigenvalue weighted by Gasteiger charge is -2.31. The smallest absolute Gasteiger partial charge is 0.410 e. The van der Waals surface area contributed by atoms with Gasteiger partial charge >= 0.3 is 18.2 Å². The number of ether oxygens (including phenoxy) is 3. The molecule has 2 saturated carbocycles. The highest BCUT2D eigenvalue weighted by Crippen LogP contribution is 2.46. The summed E-state index contributed by atoms with van der Waals surface area (Å²) in [6.45, 7) is 9.68. The normalized spacial score (nSPS) is 26.0. The van der Waals surface area contributed by atoms with Gasteiger partial charge in [0.15, 0.2) is 0 Å². The lowest BCUT2D eigenvalue weighted by atomic mass is 10.0. The first-order valence-electron chi connectivity index (χ1n) is 22.0. The van der Waals surface area contributed by atoms with Crippen molar-refractivity contribution in [2.75, 3.05) is 6.54 Å². The van der Waals surface area contributed by atoms with Crippen molar-refractivity contribution in [3.05, 3.63) is 47.3 Å². The molecular formula is C44H61FN6O12S. The van der Waals surface area contributed by atoms with Crippen molar-refractivity contribution in [1.82, 2.24) is 30.5 Å². The summed E-state index contributed by atoms with van der Waals surface area (Å²) in [5.74, 6) is -4.88. The molecule has 0 spiro atoms. The number of halogens is 1. The van der Waals surface area contributed by atoms with Gasteiger partial charge in [0, 0.05) is 30.9 Å². The Morgan fingerprint density at radius 1 is 0.969 bits per heavy atom. The van der Waals surface area contributed by atoms with Gasteiger partial charge in [-0.2, -0.15) is 0 Å². The summed E-state index contributed by atoms with van der Waals surface area (Å²) < 4.78 is 59.2. The molecule has 2 aliphatic carbocycles. The molecule has 352 valence electrons. The van der Waals surface area contributed by atoms with Crippen molar-refractivity contribution in [1.29, 1.82) is 0 Å². The van der Waals surface area contributed by atoms with Crippen molar-refractivity contribution in [2.24, 2.45) is 5.92 Å². The third kappa shape index (κ3) is 12.3. The van der Waals surface area contributed by atoms with Gasteiger partial charge in [-0.1, -0.05) is 37.1 Å². The summed E-state index contributed by atoms with van der Waals surface area (Å²) in [7, 11) is -3.99. The summed E-state index contributed by atoms with van der Waals surface area (Å²) in [6.07, 6.45) is 3.40. The van der Waals surface area contributed by atoms with Crippen LogP contribution in [0.5, 0.6) is 0 Å². The van der Waals surface area contributed by atoms with E-state index in [1.165, 1.54) is 21.9 Å². The number of carbonyl (C=O) groups excluding carboxylic acids is 7. The molecule has 6 amide bonds. The monoisotopic (exact) mass is 916 g/mol. The number of sulfonamides is 1. The zero-order valence-corrected chi connectivity index (χ0v) is 38.1. The highest BCUT2D eigenvalue weighted by Gasteiger charge is 2.62. The largest absolute Gasteiger partial charge is 0.460 e. The molecule has 6 rings (SSSR count). The van der Waals surface area contributed by atoms with Gasteiger partial charge in [0.25, 0.3) is 5.91 Å². The first-order valence-corrected chi connectivity index (χ1v) is 23.6. The molecule has 3 heterocycles. The fourth-order valence-electron chi connectivity index (χ4n) is 8.22. The Bertz CT molecular complexity index is 2150. The number of fused-ring (bicyclic) bond motifs is 3. The second-order valence-corrected chi connectivity index (χ2v) is 21.3. The molecule has 1 unspecified atom stereocenters. The van der Waals surface area contributed by atoms with Crippen LogP contribution < -0.4 is 20.7 Å². The van der Waals surface area contributed by atoms with Crippen LogP contribution in [0.15, 0.2) is 30.4 Å². The third-order valence-corrected chi connectivity index (χ3v) is 13.5. The molecule has 3 fully saturated rings. The van der Waals surface area contributed by atoms with Crippen molar-refractivity contribution >= 4 is 51.8 Å². The number of alkyl carbamates (subject to hydrolysis) is 1. The van der Waals surface area contributed by atoms with Crippen LogP contribution in [-0.2, 0) is 61.3 Å². The van der Waals surface area contributed by atoms with Gasteiger partial charge in [-0.15, -0.1) is 0 Å². The van der Waals surface area contributed by atoms with E-state index in [0.717, 1.165) is 0 Å². The topological polar surface area (TPSA) is 236 Å². The molecule has 6 atom stereocenters. The number of amides is 6. The van der Waals surface area contributed by atoms with Crippen molar-refractivity contribution in [3.63, 3.8) is 0 Å². The van der Waals surface area contributed by atoms with Gasteiger partial charge in [0.05, 0.1) is 18.3 Å². The van der Waals surface area contributed by atoms with E-state index in [-0.39, 0.29) is 51.7 Å². The Kier molecular flexibility index (Phi) is 14.4. The SMILES string of the molecule is CC(C)(C)OC(=O)CC[C@@H](NC(=O)OC(C)(C)C)C(=O)N[C@H]1CCCCC/C=C\[C@@H]2C[C@@]2(C(=O)NS(=O)(=O)C2CC2)NC(=O)[C@@H]2CC(OC(=O)N3Cc4cccc(F)c4C3)CN2C1=O. The van der Waals surface area contributed by atoms with Gasteiger partial charge in [-0.3, -0.25) is 33.6 Å². The van der Waals surface area contributed by atoms with E-state index in [9.17, 15) is 46.4 Å². The molecule has 0 bridgehead atoms. The number of nitrogens with one attached hydrogen (secondary N) is 4. The van der Waals surface area contributed by atoms with E-state index in [4.69, 9.17) is 14.2 Å². The van der Waals surface area contributed by atoms with E-state index >= 15 is 0 Å². The average Bonchev–Trinajstić information content (AvgIpc) is 4.07. The summed E-state index contributed by atoms with van der Waals surface area (Å²) in [6, 6.07) is 0.517. The number of nitrogens with zero attached hydrogens (tertiary/aromatic N) is 2. The minimum absolute atomic E-state index is 0.0586. The molecule has 0 radical (unpaired) electrons. The van der Waals surface area contributed by atoms with Crippen LogP contribution in [0.3, 0.4) is 0 Å². The predicted octanol–water partition coefficient (Wildman–Crippen LogP) is 3.75. The van der Waals surface area contributed by atoms with Crippen molar-refractivity contribution in [3.8, 4) is 0 Å². The molecule has 20 heteroatoms. The zero-order valence-electron chi connectivity index (χ0n) is 37.3. The van der Waals surface area contributed by atoms with Gasteiger partial charge < -0.3 is 35.1 Å². The van der Waals surface area contributed by atoms with Crippen molar-refractivity contribution in [2.45, 2.75) is 171 Å². The summed E-state index contributed by atoms with van der Waals surface area (Å²) in [5.41, 5.74) is -2.45. The van der Waals surface area contributed by atoms with E-state index in [0.29, 0.717) is 49.7 Å². The molecule has 18 nitrogen and oxygen atoms in total. The molecular weight excluding hydrogens is 856 g/mol. The van der Waals surface area contributed by atoms with E-state index < -0.39 is 110 Å². The van der Waals surface area contributed by atoms with Gasteiger partial charge in [-0.05, 0) is 98.1 Å².